The van der Waals surface area contributed by atoms with Crippen LogP contribution >= 0.6 is 0 Å². The van der Waals surface area contributed by atoms with Crippen molar-refractivity contribution in [2.45, 2.75) is 26.1 Å². The molecule has 0 heterocycles. The van der Waals surface area contributed by atoms with E-state index in [1.807, 2.05) is 0 Å². The predicted octanol–water partition coefficient (Wildman–Crippen LogP) is 1.93. The van der Waals surface area contributed by atoms with Crippen LogP contribution in [0.25, 0.3) is 0 Å². The molecule has 5 nitrogen and oxygen atoms in total. The van der Waals surface area contributed by atoms with Crippen molar-refractivity contribution in [3.8, 4) is 0 Å². The molecule has 0 bridgehead atoms. The highest BCUT2D eigenvalue weighted by Gasteiger charge is 2.04. The molecular weight excluding hydrogens is 251 g/mol. The molecule has 1 atom stereocenters. The molecule has 3 N–H and O–H groups in total. The first-order valence-corrected chi connectivity index (χ1v) is 5.97. The lowest BCUT2D eigenvalue weighted by Crippen LogP contribution is -2.36. The number of rotatable bonds is 6. The monoisotopic (exact) mass is 268 g/mol. The Morgan fingerprint density at radius 3 is 2.42 bits per heavy atom. The molecule has 0 saturated carbocycles. The number of nitrogens with one attached hydrogen (secondary N) is 2. The van der Waals surface area contributed by atoms with E-state index < -0.39 is 12.1 Å². The summed E-state index contributed by atoms with van der Waals surface area (Å²) >= 11 is 0. The highest BCUT2D eigenvalue weighted by molar-refractivity contribution is 5.87. The van der Waals surface area contributed by atoms with Gasteiger partial charge in [-0.3, -0.25) is 0 Å². The molecule has 0 aromatic heterocycles. The van der Waals surface area contributed by atoms with Gasteiger partial charge in [0.25, 0.3) is 0 Å². The minimum Gasteiger partial charge on any atom is -0.478 e. The van der Waals surface area contributed by atoms with E-state index in [-0.39, 0.29) is 31.1 Å². The van der Waals surface area contributed by atoms with E-state index in [4.69, 9.17) is 5.11 Å². The molecule has 0 spiro atoms. The van der Waals surface area contributed by atoms with Gasteiger partial charge in [0, 0.05) is 13.1 Å². The van der Waals surface area contributed by atoms with Gasteiger partial charge < -0.3 is 15.7 Å². The van der Waals surface area contributed by atoms with Crippen LogP contribution in [0.3, 0.4) is 0 Å². The lowest BCUT2D eigenvalue weighted by Gasteiger charge is -2.08. The number of hydrogen-bond donors (Lipinski definition) is 3. The number of benzene rings is 1. The Balaban J connectivity index is 2.32. The van der Waals surface area contributed by atoms with Crippen molar-refractivity contribution in [1.29, 1.82) is 0 Å². The summed E-state index contributed by atoms with van der Waals surface area (Å²) in [6.45, 7) is 2.00. The fourth-order valence-corrected chi connectivity index (χ4v) is 1.39. The van der Waals surface area contributed by atoms with Crippen LogP contribution in [0.15, 0.2) is 24.3 Å². The van der Waals surface area contributed by atoms with Crippen LogP contribution in [0, 0.1) is 0 Å². The minimum absolute atomic E-state index is 0.199. The molecule has 2 amide bonds. The van der Waals surface area contributed by atoms with Gasteiger partial charge in [0.1, 0.15) is 0 Å². The van der Waals surface area contributed by atoms with E-state index in [9.17, 15) is 14.0 Å². The van der Waals surface area contributed by atoms with Crippen molar-refractivity contribution in [2.75, 3.05) is 6.54 Å². The maximum absolute atomic E-state index is 12.5. The van der Waals surface area contributed by atoms with Crippen LogP contribution in [0.1, 0.15) is 29.3 Å². The van der Waals surface area contributed by atoms with Gasteiger partial charge in [-0.15, -0.1) is 0 Å². The summed E-state index contributed by atoms with van der Waals surface area (Å²) in [7, 11) is 0. The van der Waals surface area contributed by atoms with Crippen LogP contribution < -0.4 is 10.6 Å². The molecule has 0 aliphatic carbocycles. The second kappa shape index (κ2) is 7.35. The lowest BCUT2D eigenvalue weighted by molar-refractivity contribution is 0.0697. The van der Waals surface area contributed by atoms with Gasteiger partial charge in [0.15, 0.2) is 0 Å². The van der Waals surface area contributed by atoms with Crippen LogP contribution in [-0.4, -0.2) is 29.8 Å². The molecule has 1 aromatic rings. The van der Waals surface area contributed by atoms with Crippen molar-refractivity contribution < 1.29 is 19.1 Å². The number of amides is 2. The Kier molecular flexibility index (Phi) is 5.78. The average Bonchev–Trinajstić information content (AvgIpc) is 2.36. The van der Waals surface area contributed by atoms with Gasteiger partial charge in [-0.2, -0.15) is 0 Å². The molecule has 1 rings (SSSR count). The SMILES string of the molecule is CC(F)CCNC(=O)NCc1ccc(C(=O)O)cc1. The molecule has 0 fully saturated rings. The summed E-state index contributed by atoms with van der Waals surface area (Å²) in [6, 6.07) is 5.84. The Hall–Kier alpha value is -2.11. The fourth-order valence-electron chi connectivity index (χ4n) is 1.39. The van der Waals surface area contributed by atoms with E-state index in [2.05, 4.69) is 10.6 Å². The van der Waals surface area contributed by atoms with Gasteiger partial charge in [-0.1, -0.05) is 12.1 Å². The average molecular weight is 268 g/mol. The summed E-state index contributed by atoms with van der Waals surface area (Å²) in [4.78, 5) is 22.0. The van der Waals surface area contributed by atoms with E-state index in [1.54, 1.807) is 12.1 Å². The van der Waals surface area contributed by atoms with Gasteiger partial charge in [0.05, 0.1) is 11.7 Å². The summed E-state index contributed by atoms with van der Waals surface area (Å²) in [5.41, 5.74) is 0.990. The smallest absolute Gasteiger partial charge is 0.335 e. The van der Waals surface area contributed by atoms with Crippen LogP contribution in [-0.2, 0) is 6.54 Å². The lowest BCUT2D eigenvalue weighted by atomic mass is 10.1. The first-order chi connectivity index (χ1) is 8.99. The standard InChI is InChI=1S/C13H17FN2O3/c1-9(14)6-7-15-13(19)16-8-10-2-4-11(5-3-10)12(17)18/h2-5,9H,6-8H2,1H3,(H,17,18)(H2,15,16,19). The topological polar surface area (TPSA) is 78.4 Å². The number of aromatic carboxylic acids is 1. The minimum atomic E-state index is -0.988. The number of urea groups is 1. The summed E-state index contributed by atoms with van der Waals surface area (Å²) in [6.07, 6.45) is -0.662. The number of halogens is 1. The van der Waals surface area contributed by atoms with E-state index in [1.165, 1.54) is 19.1 Å². The molecule has 19 heavy (non-hydrogen) atoms. The second-order valence-electron chi connectivity index (χ2n) is 4.18. The molecule has 0 aliphatic rings. The molecule has 1 aromatic carbocycles. The zero-order valence-electron chi connectivity index (χ0n) is 10.6. The zero-order valence-corrected chi connectivity index (χ0v) is 10.6. The fraction of sp³-hybridized carbons (Fsp3) is 0.385. The first-order valence-electron chi connectivity index (χ1n) is 5.97. The highest BCUT2D eigenvalue weighted by Crippen LogP contribution is 2.04. The Morgan fingerprint density at radius 2 is 1.89 bits per heavy atom. The van der Waals surface area contributed by atoms with E-state index in [0.29, 0.717) is 0 Å². The highest BCUT2D eigenvalue weighted by atomic mass is 19.1. The normalized spacial score (nSPS) is 11.7. The molecule has 0 saturated heterocycles. The Labute approximate surface area is 110 Å². The maximum atomic E-state index is 12.5. The Morgan fingerprint density at radius 1 is 1.26 bits per heavy atom. The van der Waals surface area contributed by atoms with Crippen LogP contribution in [0.2, 0.25) is 0 Å². The van der Waals surface area contributed by atoms with E-state index >= 15 is 0 Å². The zero-order chi connectivity index (χ0) is 14.3. The number of carboxylic acid groups (broad SMARTS) is 1. The van der Waals surface area contributed by atoms with E-state index in [0.717, 1.165) is 5.56 Å². The number of hydrogen-bond acceptors (Lipinski definition) is 2. The maximum Gasteiger partial charge on any atom is 0.335 e. The largest absolute Gasteiger partial charge is 0.478 e. The third kappa shape index (κ3) is 5.85. The summed E-state index contributed by atoms with van der Waals surface area (Å²) in [5.74, 6) is -0.988. The second-order valence-corrected chi connectivity index (χ2v) is 4.18. The number of carboxylic acids is 1. The first kappa shape index (κ1) is 14.9. The van der Waals surface area contributed by atoms with Crippen molar-refractivity contribution >= 4 is 12.0 Å². The van der Waals surface area contributed by atoms with Crippen LogP contribution in [0.5, 0.6) is 0 Å². The van der Waals surface area contributed by atoms with Crippen molar-refractivity contribution in [2.24, 2.45) is 0 Å². The molecule has 104 valence electrons. The molecule has 1 unspecified atom stereocenters. The number of alkyl halides is 1. The van der Waals surface area contributed by atoms with Crippen molar-refractivity contribution in [3.63, 3.8) is 0 Å². The number of carbonyl (C=O) groups excluding carboxylic acids is 1. The summed E-state index contributed by atoms with van der Waals surface area (Å²) in [5, 5.41) is 13.9. The van der Waals surface area contributed by atoms with Gasteiger partial charge in [-0.05, 0) is 31.0 Å². The summed E-state index contributed by atoms with van der Waals surface area (Å²) < 4.78 is 12.5. The molecular formula is C13H17FN2O3. The van der Waals surface area contributed by atoms with Crippen LogP contribution in [0.4, 0.5) is 9.18 Å². The van der Waals surface area contributed by atoms with Crippen molar-refractivity contribution in [3.05, 3.63) is 35.4 Å². The molecule has 6 heteroatoms. The third-order valence-corrected chi connectivity index (χ3v) is 2.48. The Bertz CT molecular complexity index is 432. The third-order valence-electron chi connectivity index (χ3n) is 2.48. The molecule has 0 radical (unpaired) electrons. The quantitative estimate of drug-likeness (QED) is 0.737. The van der Waals surface area contributed by atoms with Gasteiger partial charge >= 0.3 is 12.0 Å². The predicted molar refractivity (Wildman–Crippen MR) is 68.8 cm³/mol. The number of carbonyl (C=O) groups is 2. The van der Waals surface area contributed by atoms with Crippen molar-refractivity contribution in [1.82, 2.24) is 10.6 Å². The van der Waals surface area contributed by atoms with Gasteiger partial charge in [-0.25, -0.2) is 14.0 Å². The molecule has 0 aliphatic heterocycles. The van der Waals surface area contributed by atoms with Gasteiger partial charge in [0.2, 0.25) is 0 Å².